The number of nitrogens with two attached hydrogens (primary N) is 3. The lowest BCUT2D eigenvalue weighted by atomic mass is 10.0. The molecule has 0 atom stereocenters. The Kier molecular flexibility index (Phi) is 6.07. The third-order valence-electron chi connectivity index (χ3n) is 4.30. The fourth-order valence-electron chi connectivity index (χ4n) is 2.92. The maximum absolute atomic E-state index is 14.2. The minimum absolute atomic E-state index is 0.0524. The molecule has 0 unspecified atom stereocenters. The van der Waals surface area contributed by atoms with Gasteiger partial charge in [0.25, 0.3) is 0 Å². The van der Waals surface area contributed by atoms with Crippen LogP contribution in [0, 0.1) is 17.5 Å². The van der Waals surface area contributed by atoms with Crippen LogP contribution in [0.2, 0.25) is 0 Å². The Morgan fingerprint density at radius 2 is 1.90 bits per heavy atom. The van der Waals surface area contributed by atoms with E-state index in [1.165, 1.54) is 43.5 Å². The summed E-state index contributed by atoms with van der Waals surface area (Å²) in [5.41, 5.74) is 6.72. The van der Waals surface area contributed by atoms with Gasteiger partial charge in [0.2, 0.25) is 5.91 Å². The highest BCUT2D eigenvalue weighted by Gasteiger charge is 2.22. The van der Waals surface area contributed by atoms with Gasteiger partial charge in [-0.05, 0) is 36.4 Å². The number of hydrazone groups is 1. The number of carbonyl (C=O) groups is 1. The molecule has 0 spiro atoms. The molecule has 31 heavy (non-hydrogen) atoms. The predicted molar refractivity (Wildman–Crippen MR) is 112 cm³/mol. The van der Waals surface area contributed by atoms with Crippen molar-refractivity contribution in [1.29, 1.82) is 0 Å². The summed E-state index contributed by atoms with van der Waals surface area (Å²) < 4.78 is 41.5. The van der Waals surface area contributed by atoms with E-state index in [9.17, 15) is 18.0 Å². The fourth-order valence-corrected chi connectivity index (χ4v) is 2.92. The van der Waals surface area contributed by atoms with Gasteiger partial charge in [-0.3, -0.25) is 9.80 Å². The number of rotatable bonds is 4. The monoisotopic (exact) mass is 429 g/mol. The number of hydrogen-bond donors (Lipinski definition) is 4. The first-order valence-corrected chi connectivity index (χ1v) is 8.83. The molecule has 11 heteroatoms. The van der Waals surface area contributed by atoms with Crippen LogP contribution in [-0.4, -0.2) is 16.7 Å². The Hall–Kier alpha value is -4.12. The highest BCUT2D eigenvalue weighted by Crippen LogP contribution is 2.31. The smallest absolute Gasteiger partial charge is 0.221 e. The van der Waals surface area contributed by atoms with E-state index in [-0.39, 0.29) is 28.6 Å². The van der Waals surface area contributed by atoms with Gasteiger partial charge in [0.15, 0.2) is 17.5 Å². The van der Waals surface area contributed by atoms with E-state index in [2.05, 4.69) is 15.4 Å². The number of nitrogens with one attached hydrogen (secondary N) is 1. The van der Waals surface area contributed by atoms with Crippen molar-refractivity contribution in [2.45, 2.75) is 6.92 Å². The molecule has 1 aromatic heterocycles. The molecular formula is C20H18F3N7O. The molecule has 0 bridgehead atoms. The second kappa shape index (κ2) is 8.71. The molecule has 0 fully saturated rings. The molecule has 0 saturated heterocycles. The highest BCUT2D eigenvalue weighted by molar-refractivity contribution is 6.12. The van der Waals surface area contributed by atoms with E-state index >= 15 is 0 Å². The van der Waals surface area contributed by atoms with Gasteiger partial charge in [-0.1, -0.05) is 6.07 Å². The van der Waals surface area contributed by atoms with Gasteiger partial charge in [0.1, 0.15) is 11.6 Å². The van der Waals surface area contributed by atoms with E-state index in [1.807, 2.05) is 0 Å². The molecule has 3 aromatic rings. The number of hydrazine groups is 1. The maximum Gasteiger partial charge on any atom is 0.221 e. The molecule has 0 radical (unpaired) electrons. The summed E-state index contributed by atoms with van der Waals surface area (Å²) in [6, 6.07) is 8.67. The van der Waals surface area contributed by atoms with E-state index in [4.69, 9.17) is 17.4 Å². The lowest BCUT2D eigenvalue weighted by molar-refractivity contribution is -0.114. The summed E-state index contributed by atoms with van der Waals surface area (Å²) in [5.74, 6) is 7.86. The predicted octanol–water partition coefficient (Wildman–Crippen LogP) is 2.71. The Balaban J connectivity index is 2.11. The summed E-state index contributed by atoms with van der Waals surface area (Å²) in [7, 11) is 0. The summed E-state index contributed by atoms with van der Waals surface area (Å²) in [4.78, 5) is 15.6. The SMILES string of the molecule is CC(=O)Nc1cc(F)ccc1-c1cnc(N)c(/C(=N/N)N(N)c2cccc(F)c2F)c1. The highest BCUT2D eigenvalue weighted by atomic mass is 19.2. The molecule has 0 saturated carbocycles. The number of aromatic nitrogens is 1. The van der Waals surface area contributed by atoms with Crippen LogP contribution in [0.15, 0.2) is 53.8 Å². The molecule has 0 aliphatic heterocycles. The molecule has 0 aliphatic rings. The molecule has 160 valence electrons. The fraction of sp³-hybridized carbons (Fsp3) is 0.0500. The normalized spacial score (nSPS) is 11.3. The van der Waals surface area contributed by atoms with Crippen LogP contribution in [-0.2, 0) is 4.79 Å². The van der Waals surface area contributed by atoms with Gasteiger partial charge in [0, 0.05) is 24.2 Å². The van der Waals surface area contributed by atoms with Crippen LogP contribution in [0.25, 0.3) is 11.1 Å². The third-order valence-corrected chi connectivity index (χ3v) is 4.30. The number of anilines is 3. The zero-order valence-corrected chi connectivity index (χ0v) is 16.2. The second-order valence-electron chi connectivity index (χ2n) is 6.42. The number of pyridine rings is 1. The number of hydrogen-bond acceptors (Lipinski definition) is 6. The number of benzene rings is 2. The van der Waals surface area contributed by atoms with Crippen LogP contribution in [0.5, 0.6) is 0 Å². The molecule has 3 rings (SSSR count). The second-order valence-corrected chi connectivity index (χ2v) is 6.42. The zero-order valence-electron chi connectivity index (χ0n) is 16.2. The van der Waals surface area contributed by atoms with Crippen LogP contribution in [0.3, 0.4) is 0 Å². The van der Waals surface area contributed by atoms with Gasteiger partial charge >= 0.3 is 0 Å². The van der Waals surface area contributed by atoms with Gasteiger partial charge in [-0.15, -0.1) is 0 Å². The Morgan fingerprint density at radius 1 is 1.16 bits per heavy atom. The average Bonchev–Trinajstić information content (AvgIpc) is 2.71. The van der Waals surface area contributed by atoms with Crippen LogP contribution in [0.4, 0.5) is 30.4 Å². The van der Waals surface area contributed by atoms with Crippen molar-refractivity contribution in [2.24, 2.45) is 16.8 Å². The van der Waals surface area contributed by atoms with Crippen molar-refractivity contribution in [3.8, 4) is 11.1 Å². The summed E-state index contributed by atoms with van der Waals surface area (Å²) in [6.07, 6.45) is 1.38. The topological polar surface area (TPSA) is 136 Å². The number of amidine groups is 1. The lowest BCUT2D eigenvalue weighted by Gasteiger charge is -2.22. The quantitative estimate of drug-likeness (QED) is 0.218. The summed E-state index contributed by atoms with van der Waals surface area (Å²) in [5, 5.41) is 6.83. The first kappa shape index (κ1) is 21.6. The van der Waals surface area contributed by atoms with Crippen molar-refractivity contribution in [3.05, 3.63) is 71.7 Å². The average molecular weight is 429 g/mol. The van der Waals surface area contributed by atoms with E-state index in [1.54, 1.807) is 0 Å². The number of carbonyl (C=O) groups excluding carboxylic acids is 1. The van der Waals surface area contributed by atoms with Gasteiger partial charge < -0.3 is 16.9 Å². The van der Waals surface area contributed by atoms with E-state index in [0.29, 0.717) is 11.1 Å². The first-order chi connectivity index (χ1) is 14.7. The van der Waals surface area contributed by atoms with Crippen molar-refractivity contribution in [2.75, 3.05) is 16.1 Å². The number of nitrogen functional groups attached to an aromatic ring is 1. The van der Waals surface area contributed by atoms with Gasteiger partial charge in [-0.2, -0.15) is 5.10 Å². The molecule has 8 nitrogen and oxygen atoms in total. The molecule has 1 heterocycles. The van der Waals surface area contributed by atoms with Gasteiger partial charge in [-0.25, -0.2) is 24.0 Å². The molecule has 2 aromatic carbocycles. The summed E-state index contributed by atoms with van der Waals surface area (Å²) >= 11 is 0. The van der Waals surface area contributed by atoms with Crippen LogP contribution in [0.1, 0.15) is 12.5 Å². The van der Waals surface area contributed by atoms with Crippen LogP contribution < -0.4 is 27.7 Å². The molecule has 0 aliphatic carbocycles. The van der Waals surface area contributed by atoms with E-state index in [0.717, 1.165) is 17.1 Å². The third kappa shape index (κ3) is 4.41. The van der Waals surface area contributed by atoms with Crippen molar-refractivity contribution in [1.82, 2.24) is 4.98 Å². The molecule has 7 N–H and O–H groups in total. The van der Waals surface area contributed by atoms with Crippen molar-refractivity contribution in [3.63, 3.8) is 0 Å². The number of halogens is 3. The minimum atomic E-state index is -1.21. The maximum atomic E-state index is 14.2. The summed E-state index contributed by atoms with van der Waals surface area (Å²) in [6.45, 7) is 1.28. The van der Waals surface area contributed by atoms with Crippen molar-refractivity contribution < 1.29 is 18.0 Å². The molecular weight excluding hydrogens is 411 g/mol. The largest absolute Gasteiger partial charge is 0.383 e. The first-order valence-electron chi connectivity index (χ1n) is 8.83. The van der Waals surface area contributed by atoms with E-state index < -0.39 is 23.4 Å². The van der Waals surface area contributed by atoms with Crippen LogP contribution >= 0.6 is 0 Å². The molecule has 1 amide bonds. The lowest BCUT2D eigenvalue weighted by Crippen LogP contribution is -2.40. The van der Waals surface area contributed by atoms with Crippen molar-refractivity contribution >= 4 is 28.9 Å². The Morgan fingerprint density at radius 3 is 2.58 bits per heavy atom. The Bertz CT molecular complexity index is 1180. The number of amides is 1. The number of nitrogens with zero attached hydrogens (tertiary/aromatic N) is 3. The Labute approximate surface area is 175 Å². The zero-order chi connectivity index (χ0) is 22.7. The van der Waals surface area contributed by atoms with Gasteiger partial charge in [0.05, 0.1) is 16.9 Å². The standard InChI is InChI=1S/C20H18F3N7O/c1-10(31)28-16-8-12(21)5-6-13(16)11-7-14(19(24)27-9-11)20(29-25)30(26)17-4-2-3-15(22)18(17)23/h2-9H,25-26H2,1H3,(H2,24,27)(H,28,31)/b29-20-. The minimum Gasteiger partial charge on any atom is -0.383 e.